The maximum absolute atomic E-state index is 13.7. The number of thiophene rings is 1. The molecule has 1 aromatic carbocycles. The van der Waals surface area contributed by atoms with Gasteiger partial charge < -0.3 is 9.73 Å². The van der Waals surface area contributed by atoms with Crippen LogP contribution in [0.15, 0.2) is 46.2 Å². The Balaban J connectivity index is 2.08. The number of nitrogens with one attached hydrogen (secondary N) is 1. The zero-order valence-electron chi connectivity index (χ0n) is 10.5. The molecule has 0 aliphatic rings. The van der Waals surface area contributed by atoms with Gasteiger partial charge >= 0.3 is 0 Å². The summed E-state index contributed by atoms with van der Waals surface area (Å²) < 4.78 is 19.4. The molecule has 3 aromatic rings. The van der Waals surface area contributed by atoms with E-state index in [2.05, 4.69) is 11.4 Å². The molecule has 0 saturated carbocycles. The Kier molecular flexibility index (Phi) is 3.36. The van der Waals surface area contributed by atoms with Crippen molar-refractivity contribution in [1.82, 2.24) is 5.32 Å². The van der Waals surface area contributed by atoms with Gasteiger partial charge in [-0.3, -0.25) is 0 Å². The zero-order chi connectivity index (χ0) is 13.2. The van der Waals surface area contributed by atoms with Crippen LogP contribution in [0.25, 0.3) is 11.0 Å². The summed E-state index contributed by atoms with van der Waals surface area (Å²) in [7, 11) is 0. The first-order valence-corrected chi connectivity index (χ1v) is 7.12. The van der Waals surface area contributed by atoms with Gasteiger partial charge in [-0.2, -0.15) is 0 Å². The SMILES string of the molecule is CCNC(c1cc2cccc(F)c2o1)c1cccs1. The summed E-state index contributed by atoms with van der Waals surface area (Å²) in [6.07, 6.45) is 0. The molecule has 0 saturated heterocycles. The highest BCUT2D eigenvalue weighted by Gasteiger charge is 2.19. The minimum absolute atomic E-state index is 0.0169. The maximum Gasteiger partial charge on any atom is 0.169 e. The van der Waals surface area contributed by atoms with Gasteiger partial charge in [0.2, 0.25) is 0 Å². The largest absolute Gasteiger partial charge is 0.456 e. The molecule has 2 aromatic heterocycles. The first-order valence-electron chi connectivity index (χ1n) is 6.24. The summed E-state index contributed by atoms with van der Waals surface area (Å²) >= 11 is 1.66. The summed E-state index contributed by atoms with van der Waals surface area (Å²) in [4.78, 5) is 1.17. The second-order valence-electron chi connectivity index (χ2n) is 4.31. The maximum atomic E-state index is 13.7. The predicted octanol–water partition coefficient (Wildman–Crippen LogP) is 4.33. The molecule has 1 unspecified atom stereocenters. The number of halogens is 1. The van der Waals surface area contributed by atoms with E-state index in [0.717, 1.165) is 17.7 Å². The van der Waals surface area contributed by atoms with Crippen molar-refractivity contribution in [3.63, 3.8) is 0 Å². The Morgan fingerprint density at radius 3 is 2.89 bits per heavy atom. The Bertz CT molecular complexity index is 675. The van der Waals surface area contributed by atoms with Crippen LogP contribution < -0.4 is 5.32 Å². The van der Waals surface area contributed by atoms with Gasteiger partial charge in [0.15, 0.2) is 11.4 Å². The molecule has 0 fully saturated rings. The normalized spacial score (nSPS) is 12.9. The second kappa shape index (κ2) is 5.15. The molecule has 98 valence electrons. The number of hydrogen-bond acceptors (Lipinski definition) is 3. The van der Waals surface area contributed by atoms with Gasteiger partial charge in [-0.25, -0.2) is 4.39 Å². The quantitative estimate of drug-likeness (QED) is 0.766. The number of fused-ring (bicyclic) bond motifs is 1. The van der Waals surface area contributed by atoms with Gasteiger partial charge in [0.1, 0.15) is 11.8 Å². The molecule has 1 atom stereocenters. The first kappa shape index (κ1) is 12.4. The van der Waals surface area contributed by atoms with E-state index < -0.39 is 0 Å². The smallest absolute Gasteiger partial charge is 0.169 e. The molecule has 3 rings (SSSR count). The Labute approximate surface area is 114 Å². The predicted molar refractivity (Wildman–Crippen MR) is 76.0 cm³/mol. The fourth-order valence-electron chi connectivity index (χ4n) is 2.19. The van der Waals surface area contributed by atoms with Gasteiger partial charge in [0, 0.05) is 10.3 Å². The minimum atomic E-state index is -0.315. The molecular weight excluding hydrogens is 261 g/mol. The Morgan fingerprint density at radius 2 is 2.21 bits per heavy atom. The van der Waals surface area contributed by atoms with Crippen LogP contribution in [-0.4, -0.2) is 6.54 Å². The first-order chi connectivity index (χ1) is 9.29. The number of rotatable bonds is 4. The highest BCUT2D eigenvalue weighted by molar-refractivity contribution is 7.10. The van der Waals surface area contributed by atoms with Crippen LogP contribution in [0.5, 0.6) is 0 Å². The second-order valence-corrected chi connectivity index (χ2v) is 5.29. The van der Waals surface area contributed by atoms with Crippen LogP contribution in [-0.2, 0) is 0 Å². The average Bonchev–Trinajstić information content (AvgIpc) is 3.05. The van der Waals surface area contributed by atoms with Crippen LogP contribution >= 0.6 is 11.3 Å². The van der Waals surface area contributed by atoms with Gasteiger partial charge in [0.25, 0.3) is 0 Å². The molecule has 0 radical (unpaired) electrons. The van der Waals surface area contributed by atoms with Crippen LogP contribution in [0.4, 0.5) is 4.39 Å². The van der Waals surface area contributed by atoms with Gasteiger partial charge in [-0.15, -0.1) is 11.3 Å². The van der Waals surface area contributed by atoms with Crippen molar-refractivity contribution in [2.24, 2.45) is 0 Å². The summed E-state index contributed by atoms with van der Waals surface area (Å²) in [5, 5.41) is 6.21. The molecule has 0 bridgehead atoms. The van der Waals surface area contributed by atoms with E-state index in [1.807, 2.05) is 30.5 Å². The lowest BCUT2D eigenvalue weighted by Gasteiger charge is -2.13. The third-order valence-electron chi connectivity index (χ3n) is 3.04. The molecular formula is C15H14FNOS. The molecule has 0 aliphatic carbocycles. The van der Waals surface area contributed by atoms with Gasteiger partial charge in [-0.1, -0.05) is 25.1 Å². The molecule has 1 N–H and O–H groups in total. The van der Waals surface area contributed by atoms with Crippen molar-refractivity contribution in [1.29, 1.82) is 0 Å². The summed E-state index contributed by atoms with van der Waals surface area (Å²) in [5.74, 6) is 0.439. The zero-order valence-corrected chi connectivity index (χ0v) is 11.3. The van der Waals surface area contributed by atoms with Crippen molar-refractivity contribution in [3.05, 3.63) is 58.2 Å². The number of benzene rings is 1. The van der Waals surface area contributed by atoms with E-state index in [1.165, 1.54) is 10.9 Å². The van der Waals surface area contributed by atoms with Crippen molar-refractivity contribution in [3.8, 4) is 0 Å². The van der Waals surface area contributed by atoms with Crippen molar-refractivity contribution in [2.75, 3.05) is 6.54 Å². The fourth-order valence-corrected chi connectivity index (χ4v) is 3.00. The van der Waals surface area contributed by atoms with E-state index in [0.29, 0.717) is 5.58 Å². The molecule has 2 nitrogen and oxygen atoms in total. The monoisotopic (exact) mass is 275 g/mol. The summed E-state index contributed by atoms with van der Waals surface area (Å²) in [5.41, 5.74) is 0.331. The van der Waals surface area contributed by atoms with E-state index in [-0.39, 0.29) is 11.9 Å². The third-order valence-corrected chi connectivity index (χ3v) is 3.97. The molecule has 0 amide bonds. The van der Waals surface area contributed by atoms with E-state index >= 15 is 0 Å². The van der Waals surface area contributed by atoms with Crippen LogP contribution in [0.1, 0.15) is 23.6 Å². The molecule has 0 aliphatic heterocycles. The molecule has 19 heavy (non-hydrogen) atoms. The summed E-state index contributed by atoms with van der Waals surface area (Å²) in [6, 6.07) is 10.9. The van der Waals surface area contributed by atoms with Gasteiger partial charge in [0.05, 0.1) is 0 Å². The number of para-hydroxylation sites is 1. The van der Waals surface area contributed by atoms with E-state index in [4.69, 9.17) is 4.42 Å². The van der Waals surface area contributed by atoms with E-state index in [1.54, 1.807) is 17.4 Å². The Morgan fingerprint density at radius 1 is 1.32 bits per heavy atom. The lowest BCUT2D eigenvalue weighted by molar-refractivity contribution is 0.468. The van der Waals surface area contributed by atoms with Crippen LogP contribution in [0, 0.1) is 5.82 Å². The standard InChI is InChI=1S/C15H14FNOS/c1-2-17-14(13-7-4-8-19-13)12-9-10-5-3-6-11(16)15(10)18-12/h3-9,14,17H,2H2,1H3. The Hall–Kier alpha value is -1.65. The topological polar surface area (TPSA) is 25.2 Å². The van der Waals surface area contributed by atoms with E-state index in [9.17, 15) is 4.39 Å². The third kappa shape index (κ3) is 2.29. The number of hydrogen-bond donors (Lipinski definition) is 1. The van der Waals surface area contributed by atoms with Crippen LogP contribution in [0.3, 0.4) is 0 Å². The molecule has 0 spiro atoms. The highest BCUT2D eigenvalue weighted by atomic mass is 32.1. The number of furan rings is 1. The minimum Gasteiger partial charge on any atom is -0.456 e. The van der Waals surface area contributed by atoms with Gasteiger partial charge in [-0.05, 0) is 30.1 Å². The molecule has 4 heteroatoms. The highest BCUT2D eigenvalue weighted by Crippen LogP contribution is 2.31. The lowest BCUT2D eigenvalue weighted by Crippen LogP contribution is -2.20. The average molecular weight is 275 g/mol. The lowest BCUT2D eigenvalue weighted by atomic mass is 10.1. The van der Waals surface area contributed by atoms with Crippen molar-refractivity contribution < 1.29 is 8.81 Å². The fraction of sp³-hybridized carbons (Fsp3) is 0.200. The van der Waals surface area contributed by atoms with Crippen molar-refractivity contribution in [2.45, 2.75) is 13.0 Å². The van der Waals surface area contributed by atoms with Crippen molar-refractivity contribution >= 4 is 22.3 Å². The summed E-state index contributed by atoms with van der Waals surface area (Å²) in [6.45, 7) is 2.87. The molecule has 2 heterocycles. The van der Waals surface area contributed by atoms with Crippen LogP contribution in [0.2, 0.25) is 0 Å².